The van der Waals surface area contributed by atoms with E-state index < -0.39 is 11.7 Å². The van der Waals surface area contributed by atoms with Gasteiger partial charge in [-0.3, -0.25) is 9.69 Å². The van der Waals surface area contributed by atoms with Gasteiger partial charge in [0, 0.05) is 12.6 Å². The lowest BCUT2D eigenvalue weighted by molar-refractivity contribution is 0.0491. The van der Waals surface area contributed by atoms with Gasteiger partial charge in [-0.05, 0) is 52.3 Å². The Morgan fingerprint density at radius 1 is 1.33 bits per heavy atom. The van der Waals surface area contributed by atoms with Crippen molar-refractivity contribution in [2.45, 2.75) is 58.2 Å². The highest BCUT2D eigenvalue weighted by Gasteiger charge is 2.25. The molecule has 146 valence electrons. The van der Waals surface area contributed by atoms with Crippen molar-refractivity contribution in [1.82, 2.24) is 20.2 Å². The van der Waals surface area contributed by atoms with Crippen LogP contribution in [0.5, 0.6) is 0 Å². The minimum Gasteiger partial charge on any atom is -0.444 e. The van der Waals surface area contributed by atoms with E-state index in [-0.39, 0.29) is 11.6 Å². The molecule has 1 aliphatic heterocycles. The number of rotatable bonds is 4. The van der Waals surface area contributed by atoms with Crippen LogP contribution in [0.3, 0.4) is 0 Å². The van der Waals surface area contributed by atoms with Gasteiger partial charge in [-0.2, -0.15) is 0 Å². The van der Waals surface area contributed by atoms with Crippen LogP contribution in [0.15, 0.2) is 29.1 Å². The Balaban J connectivity index is 1.67. The first kappa shape index (κ1) is 19.4. The number of carbonyl (C=O) groups is 1. The predicted octanol–water partition coefficient (Wildman–Crippen LogP) is 2.80. The second-order valence-corrected chi connectivity index (χ2v) is 8.03. The highest BCUT2D eigenvalue weighted by molar-refractivity contribution is 5.77. The zero-order chi connectivity index (χ0) is 19.4. The third kappa shape index (κ3) is 5.29. The van der Waals surface area contributed by atoms with E-state index in [4.69, 9.17) is 4.74 Å². The fraction of sp³-hybridized carbons (Fsp3) is 0.550. The smallest absolute Gasteiger partial charge is 0.407 e. The van der Waals surface area contributed by atoms with Crippen LogP contribution in [0.1, 0.15) is 45.9 Å². The number of hydrogen-bond donors (Lipinski definition) is 2. The predicted molar refractivity (Wildman–Crippen MR) is 105 cm³/mol. The quantitative estimate of drug-likeness (QED) is 0.862. The maximum absolute atomic E-state index is 12.3. The van der Waals surface area contributed by atoms with Crippen LogP contribution >= 0.6 is 0 Å². The molecule has 1 aliphatic rings. The van der Waals surface area contributed by atoms with Crippen LogP contribution in [0.25, 0.3) is 10.9 Å². The van der Waals surface area contributed by atoms with Gasteiger partial charge in [-0.15, -0.1) is 0 Å². The summed E-state index contributed by atoms with van der Waals surface area (Å²) >= 11 is 0. The molecule has 27 heavy (non-hydrogen) atoms. The molecule has 1 fully saturated rings. The summed E-state index contributed by atoms with van der Waals surface area (Å²) in [5, 5.41) is 3.47. The number of aromatic amines is 1. The van der Waals surface area contributed by atoms with Gasteiger partial charge >= 0.3 is 6.09 Å². The third-order valence-corrected chi connectivity index (χ3v) is 4.64. The lowest BCUT2D eigenvalue weighted by Gasteiger charge is -2.35. The summed E-state index contributed by atoms with van der Waals surface area (Å²) in [7, 11) is 0. The number of amides is 1. The average Bonchev–Trinajstić information content (AvgIpc) is 2.59. The van der Waals surface area contributed by atoms with Gasteiger partial charge in [0.05, 0.1) is 17.4 Å². The topological polar surface area (TPSA) is 87.3 Å². The normalized spacial score (nSPS) is 18.4. The molecule has 1 amide bonds. The van der Waals surface area contributed by atoms with Crippen molar-refractivity contribution in [2.75, 3.05) is 13.1 Å². The average molecular weight is 372 g/mol. The van der Waals surface area contributed by atoms with Crippen LogP contribution in [0.4, 0.5) is 4.79 Å². The maximum Gasteiger partial charge on any atom is 0.407 e. The molecular weight excluding hydrogens is 344 g/mol. The molecule has 2 heterocycles. The highest BCUT2D eigenvalue weighted by atomic mass is 16.6. The summed E-state index contributed by atoms with van der Waals surface area (Å²) in [6.07, 6.45) is 2.82. The van der Waals surface area contributed by atoms with E-state index in [2.05, 4.69) is 20.2 Å². The zero-order valence-electron chi connectivity index (χ0n) is 16.2. The summed E-state index contributed by atoms with van der Waals surface area (Å²) in [5.41, 5.74) is 0.0814. The van der Waals surface area contributed by atoms with Crippen LogP contribution in [0.2, 0.25) is 0 Å². The Bertz CT molecular complexity index is 856. The maximum atomic E-state index is 12.3. The van der Waals surface area contributed by atoms with Gasteiger partial charge in [0.25, 0.3) is 5.56 Å². The molecule has 7 nitrogen and oxygen atoms in total. The van der Waals surface area contributed by atoms with Crippen LogP contribution in [-0.4, -0.2) is 45.7 Å². The minimum absolute atomic E-state index is 0.115. The minimum atomic E-state index is -0.509. The second-order valence-electron chi connectivity index (χ2n) is 8.03. The number of aromatic nitrogens is 2. The van der Waals surface area contributed by atoms with Crippen LogP contribution in [0, 0.1) is 0 Å². The number of alkyl carbamates (subject to hydrolysis) is 1. The molecule has 2 aromatic rings. The number of nitrogens with one attached hydrogen (secondary N) is 2. The molecule has 2 N–H and O–H groups in total. The molecule has 0 aliphatic carbocycles. The number of benzene rings is 1. The Labute approximate surface area is 159 Å². The number of carbonyl (C=O) groups excluding carboxylic acids is 1. The lowest BCUT2D eigenvalue weighted by Crippen LogP contribution is -2.47. The molecule has 0 bridgehead atoms. The number of nitrogens with zero attached hydrogens (tertiary/aromatic N) is 2. The Hall–Kier alpha value is -2.41. The largest absolute Gasteiger partial charge is 0.444 e. The molecule has 1 unspecified atom stereocenters. The van der Waals surface area contributed by atoms with E-state index >= 15 is 0 Å². The Kier molecular flexibility index (Phi) is 5.79. The Morgan fingerprint density at radius 3 is 2.89 bits per heavy atom. The molecule has 1 aromatic heterocycles. The van der Waals surface area contributed by atoms with Gasteiger partial charge in [0.1, 0.15) is 11.4 Å². The second kappa shape index (κ2) is 8.08. The van der Waals surface area contributed by atoms with Crippen molar-refractivity contribution in [3.05, 3.63) is 40.4 Å². The van der Waals surface area contributed by atoms with Crippen molar-refractivity contribution in [1.29, 1.82) is 0 Å². The molecule has 7 heteroatoms. The summed E-state index contributed by atoms with van der Waals surface area (Å²) in [5.74, 6) is 0.655. The SMILES string of the molecule is CC(C)(C)OC(=O)NCC1CCCCN1Cc1nc2ccccc2c(=O)[nH]1. The summed E-state index contributed by atoms with van der Waals surface area (Å²) < 4.78 is 5.32. The fourth-order valence-corrected chi connectivity index (χ4v) is 3.42. The van der Waals surface area contributed by atoms with Crippen molar-refractivity contribution >= 4 is 17.0 Å². The van der Waals surface area contributed by atoms with Crippen LogP contribution < -0.4 is 10.9 Å². The van der Waals surface area contributed by atoms with Crippen molar-refractivity contribution in [3.8, 4) is 0 Å². The van der Waals surface area contributed by atoms with E-state index in [1.54, 1.807) is 6.07 Å². The Morgan fingerprint density at radius 2 is 2.11 bits per heavy atom. The molecule has 0 spiro atoms. The fourth-order valence-electron chi connectivity index (χ4n) is 3.42. The number of ether oxygens (including phenoxy) is 1. The lowest BCUT2D eigenvalue weighted by atomic mass is 10.0. The molecule has 1 aromatic carbocycles. The molecule has 0 saturated carbocycles. The van der Waals surface area contributed by atoms with E-state index in [0.29, 0.717) is 29.8 Å². The van der Waals surface area contributed by atoms with Gasteiger partial charge in [0.2, 0.25) is 0 Å². The number of hydrogen-bond acceptors (Lipinski definition) is 5. The summed E-state index contributed by atoms with van der Waals surface area (Å²) in [6.45, 7) is 7.54. The van der Waals surface area contributed by atoms with Crippen molar-refractivity contribution < 1.29 is 9.53 Å². The first-order valence-corrected chi connectivity index (χ1v) is 9.51. The number of fused-ring (bicyclic) bond motifs is 1. The molecule has 1 atom stereocenters. The van der Waals surface area contributed by atoms with E-state index in [1.165, 1.54) is 0 Å². The number of H-pyrrole nitrogens is 1. The van der Waals surface area contributed by atoms with Crippen molar-refractivity contribution in [2.24, 2.45) is 0 Å². The highest BCUT2D eigenvalue weighted by Crippen LogP contribution is 2.19. The number of piperidine rings is 1. The van der Waals surface area contributed by atoms with E-state index in [9.17, 15) is 9.59 Å². The first-order chi connectivity index (χ1) is 12.8. The van der Waals surface area contributed by atoms with Gasteiger partial charge in [0.15, 0.2) is 0 Å². The molecule has 3 rings (SSSR count). The van der Waals surface area contributed by atoms with E-state index in [1.807, 2.05) is 39.0 Å². The molecule has 0 radical (unpaired) electrons. The number of likely N-dealkylation sites (tertiary alicyclic amines) is 1. The first-order valence-electron chi connectivity index (χ1n) is 9.51. The zero-order valence-corrected chi connectivity index (χ0v) is 16.2. The number of para-hydroxylation sites is 1. The summed E-state index contributed by atoms with van der Waals surface area (Å²) in [6, 6.07) is 7.54. The van der Waals surface area contributed by atoms with E-state index in [0.717, 1.165) is 25.8 Å². The standard InChI is InChI=1S/C20H28N4O3/c1-20(2,3)27-19(26)21-12-14-8-6-7-11-24(14)13-17-22-16-10-5-4-9-15(16)18(25)23-17/h4-5,9-10,14H,6-8,11-13H2,1-3H3,(H,21,26)(H,22,23,25). The van der Waals surface area contributed by atoms with Gasteiger partial charge < -0.3 is 15.0 Å². The monoisotopic (exact) mass is 372 g/mol. The van der Waals surface area contributed by atoms with Crippen molar-refractivity contribution in [3.63, 3.8) is 0 Å². The molecule has 1 saturated heterocycles. The third-order valence-electron chi connectivity index (χ3n) is 4.64. The molecular formula is C20H28N4O3. The van der Waals surface area contributed by atoms with Gasteiger partial charge in [-0.1, -0.05) is 18.6 Å². The summed E-state index contributed by atoms with van der Waals surface area (Å²) in [4.78, 5) is 34.0. The van der Waals surface area contributed by atoms with Gasteiger partial charge in [-0.25, -0.2) is 9.78 Å². The van der Waals surface area contributed by atoms with Crippen LogP contribution in [-0.2, 0) is 11.3 Å².